The highest BCUT2D eigenvalue weighted by Crippen LogP contribution is 2.39. The minimum absolute atomic E-state index is 0.173. The summed E-state index contributed by atoms with van der Waals surface area (Å²) < 4.78 is 0. The van der Waals surface area contributed by atoms with Crippen LogP contribution in [-0.4, -0.2) is 30.8 Å². The lowest BCUT2D eigenvalue weighted by atomic mass is 9.84. The van der Waals surface area contributed by atoms with Gasteiger partial charge in [-0.3, -0.25) is 0 Å². The molecule has 0 aliphatic heterocycles. The Morgan fingerprint density at radius 3 is 2.24 bits per heavy atom. The minimum Gasteiger partial charge on any atom is -0.508 e. The molecular formula is C18H30N2O. The zero-order valence-corrected chi connectivity index (χ0v) is 13.9. The van der Waals surface area contributed by atoms with Crippen molar-refractivity contribution < 1.29 is 5.11 Å². The van der Waals surface area contributed by atoms with Crippen LogP contribution in [0.4, 0.5) is 5.69 Å². The molecule has 21 heavy (non-hydrogen) atoms. The molecule has 2 rings (SSSR count). The number of anilines is 1. The lowest BCUT2D eigenvalue weighted by Crippen LogP contribution is -2.47. The molecule has 2 N–H and O–H groups in total. The Hall–Kier alpha value is -1.22. The van der Waals surface area contributed by atoms with E-state index in [1.54, 1.807) is 12.1 Å². The van der Waals surface area contributed by atoms with E-state index in [9.17, 15) is 5.11 Å². The van der Waals surface area contributed by atoms with E-state index in [-0.39, 0.29) is 5.54 Å². The van der Waals surface area contributed by atoms with E-state index in [4.69, 9.17) is 0 Å². The zero-order chi connectivity index (χ0) is 15.5. The number of hydrogen-bond donors (Lipinski definition) is 2. The second-order valence-electron chi connectivity index (χ2n) is 7.68. The molecule has 1 fully saturated rings. The van der Waals surface area contributed by atoms with E-state index in [1.807, 2.05) is 12.1 Å². The lowest BCUT2D eigenvalue weighted by Gasteiger charge is -2.37. The summed E-state index contributed by atoms with van der Waals surface area (Å²) in [5.41, 5.74) is 1.72. The Morgan fingerprint density at radius 1 is 1.14 bits per heavy atom. The van der Waals surface area contributed by atoms with Crippen LogP contribution in [0.3, 0.4) is 0 Å². The van der Waals surface area contributed by atoms with Gasteiger partial charge in [-0.05, 0) is 57.9 Å². The van der Waals surface area contributed by atoms with Gasteiger partial charge >= 0.3 is 0 Å². The number of benzene rings is 1. The smallest absolute Gasteiger partial charge is 0.115 e. The van der Waals surface area contributed by atoms with E-state index >= 15 is 0 Å². The normalized spacial score (nSPS) is 17.9. The van der Waals surface area contributed by atoms with Crippen LogP contribution in [0.15, 0.2) is 24.3 Å². The molecule has 0 unspecified atom stereocenters. The van der Waals surface area contributed by atoms with Crippen LogP contribution in [0.1, 0.15) is 46.5 Å². The first kappa shape index (κ1) is 16.2. The first-order chi connectivity index (χ1) is 9.80. The Kier molecular flexibility index (Phi) is 4.82. The number of aromatic hydroxyl groups is 1. The van der Waals surface area contributed by atoms with Crippen molar-refractivity contribution in [2.45, 2.75) is 52.0 Å². The monoisotopic (exact) mass is 290 g/mol. The second-order valence-corrected chi connectivity index (χ2v) is 7.68. The lowest BCUT2D eigenvalue weighted by molar-refractivity contribution is 0.252. The maximum atomic E-state index is 9.42. The molecule has 0 radical (unpaired) electrons. The van der Waals surface area contributed by atoms with Gasteiger partial charge in [-0.15, -0.1) is 0 Å². The molecule has 0 aromatic heterocycles. The highest BCUT2D eigenvalue weighted by atomic mass is 16.3. The summed E-state index contributed by atoms with van der Waals surface area (Å²) in [6.45, 7) is 8.86. The van der Waals surface area contributed by atoms with Crippen LogP contribution in [0.25, 0.3) is 0 Å². The first-order valence-corrected chi connectivity index (χ1v) is 8.05. The first-order valence-electron chi connectivity index (χ1n) is 8.05. The highest BCUT2D eigenvalue weighted by molar-refractivity contribution is 5.48. The quantitative estimate of drug-likeness (QED) is 0.866. The summed E-state index contributed by atoms with van der Waals surface area (Å²) >= 11 is 0. The maximum absolute atomic E-state index is 9.42. The Morgan fingerprint density at radius 2 is 1.71 bits per heavy atom. The van der Waals surface area contributed by atoms with Gasteiger partial charge in [-0.2, -0.15) is 0 Å². The van der Waals surface area contributed by atoms with Crippen LogP contribution in [0.2, 0.25) is 0 Å². The van der Waals surface area contributed by atoms with Crippen molar-refractivity contribution >= 4 is 5.69 Å². The van der Waals surface area contributed by atoms with Crippen molar-refractivity contribution in [3.63, 3.8) is 0 Å². The van der Waals surface area contributed by atoms with Crippen LogP contribution in [0, 0.1) is 5.41 Å². The zero-order valence-electron chi connectivity index (χ0n) is 13.9. The Labute approximate surface area is 129 Å². The number of nitrogens with one attached hydrogen (secondary N) is 1. The van der Waals surface area contributed by atoms with Crippen molar-refractivity contribution in [1.29, 1.82) is 0 Å². The Bertz CT molecular complexity index is 441. The molecule has 1 aromatic carbocycles. The predicted octanol–water partition coefficient (Wildman–Crippen LogP) is 3.78. The molecule has 3 heteroatoms. The SMILES string of the molecule is CN(CC1(CNC(C)(C)C)CCCC1)c1ccc(O)cc1. The standard InChI is InChI=1S/C18H30N2O/c1-17(2,3)19-13-18(11-5-6-12-18)14-20(4)15-7-9-16(21)10-8-15/h7-10,19,21H,5-6,11-14H2,1-4H3. The number of rotatable bonds is 5. The fraction of sp³-hybridized carbons (Fsp3) is 0.667. The fourth-order valence-corrected chi connectivity index (χ4v) is 3.27. The third-order valence-electron chi connectivity index (χ3n) is 4.52. The van der Waals surface area contributed by atoms with Gasteiger partial charge in [0.1, 0.15) is 5.75 Å². The fourth-order valence-electron chi connectivity index (χ4n) is 3.27. The van der Waals surface area contributed by atoms with Gasteiger partial charge in [0.05, 0.1) is 0 Å². The van der Waals surface area contributed by atoms with Crippen molar-refractivity contribution in [3.8, 4) is 5.75 Å². The summed E-state index contributed by atoms with van der Waals surface area (Å²) in [5.74, 6) is 0.331. The van der Waals surface area contributed by atoms with Crippen LogP contribution >= 0.6 is 0 Å². The van der Waals surface area contributed by atoms with Gasteiger partial charge in [0.15, 0.2) is 0 Å². The van der Waals surface area contributed by atoms with Crippen LogP contribution < -0.4 is 10.2 Å². The molecule has 0 bridgehead atoms. The summed E-state index contributed by atoms with van der Waals surface area (Å²) in [6.07, 6.45) is 5.29. The summed E-state index contributed by atoms with van der Waals surface area (Å²) in [4.78, 5) is 2.33. The molecule has 0 spiro atoms. The average molecular weight is 290 g/mol. The van der Waals surface area contributed by atoms with E-state index in [2.05, 4.69) is 38.0 Å². The number of nitrogens with zero attached hydrogens (tertiary/aromatic N) is 1. The van der Waals surface area contributed by atoms with Gasteiger partial charge in [-0.1, -0.05) is 12.8 Å². The molecule has 0 saturated heterocycles. The van der Waals surface area contributed by atoms with Crippen molar-refractivity contribution in [2.75, 3.05) is 25.0 Å². The summed E-state index contributed by atoms with van der Waals surface area (Å²) in [6, 6.07) is 7.52. The summed E-state index contributed by atoms with van der Waals surface area (Å²) in [7, 11) is 2.16. The average Bonchev–Trinajstić information content (AvgIpc) is 2.85. The van der Waals surface area contributed by atoms with Crippen molar-refractivity contribution in [1.82, 2.24) is 5.32 Å². The van der Waals surface area contributed by atoms with E-state index < -0.39 is 0 Å². The molecule has 1 aromatic rings. The van der Waals surface area contributed by atoms with E-state index in [0.717, 1.165) is 13.1 Å². The number of hydrogen-bond acceptors (Lipinski definition) is 3. The summed E-state index contributed by atoms with van der Waals surface area (Å²) in [5, 5.41) is 13.1. The van der Waals surface area contributed by atoms with Gasteiger partial charge < -0.3 is 15.3 Å². The molecule has 0 amide bonds. The second kappa shape index (κ2) is 6.27. The molecule has 118 valence electrons. The third kappa shape index (κ3) is 4.63. The number of phenols is 1. The Balaban J connectivity index is 2.03. The molecule has 0 atom stereocenters. The minimum atomic E-state index is 0.173. The van der Waals surface area contributed by atoms with E-state index in [0.29, 0.717) is 11.2 Å². The van der Waals surface area contributed by atoms with Crippen molar-refractivity contribution in [2.24, 2.45) is 5.41 Å². The van der Waals surface area contributed by atoms with Crippen LogP contribution in [0.5, 0.6) is 5.75 Å². The topological polar surface area (TPSA) is 35.5 Å². The maximum Gasteiger partial charge on any atom is 0.115 e. The molecule has 1 saturated carbocycles. The van der Waals surface area contributed by atoms with Gasteiger partial charge in [-0.25, -0.2) is 0 Å². The molecule has 1 aliphatic carbocycles. The molecule has 1 aliphatic rings. The molecular weight excluding hydrogens is 260 g/mol. The molecule has 3 nitrogen and oxygen atoms in total. The predicted molar refractivity (Wildman–Crippen MR) is 90.0 cm³/mol. The van der Waals surface area contributed by atoms with Gasteiger partial charge in [0.2, 0.25) is 0 Å². The van der Waals surface area contributed by atoms with Crippen LogP contribution in [-0.2, 0) is 0 Å². The third-order valence-corrected chi connectivity index (χ3v) is 4.52. The van der Waals surface area contributed by atoms with E-state index in [1.165, 1.54) is 31.4 Å². The largest absolute Gasteiger partial charge is 0.508 e. The van der Waals surface area contributed by atoms with Gasteiger partial charge in [0, 0.05) is 36.8 Å². The van der Waals surface area contributed by atoms with Crippen molar-refractivity contribution in [3.05, 3.63) is 24.3 Å². The number of phenolic OH excluding ortho intramolecular Hbond substituents is 1. The molecule has 0 heterocycles. The highest BCUT2D eigenvalue weighted by Gasteiger charge is 2.35. The van der Waals surface area contributed by atoms with Gasteiger partial charge in [0.25, 0.3) is 0 Å².